The SMILES string of the molecule is CCN(C(=O)O)C1=N[C@@H]2[C@@H](F)[C@H](OCc3ccccc3)[C@@H](C(C)O)O[C@@H]2S1. The number of hydrogen-bond acceptors (Lipinski definition) is 6. The maximum Gasteiger partial charge on any atom is 0.413 e. The lowest BCUT2D eigenvalue weighted by molar-refractivity contribution is -0.188. The molecule has 1 fully saturated rings. The van der Waals surface area contributed by atoms with E-state index in [1.807, 2.05) is 30.3 Å². The summed E-state index contributed by atoms with van der Waals surface area (Å²) in [4.78, 5) is 16.6. The summed E-state index contributed by atoms with van der Waals surface area (Å²) in [6.07, 6.45) is -5.50. The second-order valence-electron chi connectivity index (χ2n) is 6.46. The number of halogens is 1. The zero-order valence-electron chi connectivity index (χ0n) is 15.1. The number of aliphatic hydroxyl groups excluding tert-OH is 1. The van der Waals surface area contributed by atoms with Crippen LogP contribution in [0.3, 0.4) is 0 Å². The van der Waals surface area contributed by atoms with Crippen molar-refractivity contribution >= 4 is 23.0 Å². The molecule has 1 aromatic rings. The fraction of sp³-hybridized carbons (Fsp3) is 0.556. The molecular weight excluding hydrogens is 375 g/mol. The summed E-state index contributed by atoms with van der Waals surface area (Å²) in [5.41, 5.74) is 0.184. The minimum atomic E-state index is -1.52. The number of carbonyl (C=O) groups is 1. The number of hydrogen-bond donors (Lipinski definition) is 2. The second kappa shape index (κ2) is 8.55. The van der Waals surface area contributed by atoms with Crippen LogP contribution < -0.4 is 0 Å². The van der Waals surface area contributed by atoms with Gasteiger partial charge in [-0.1, -0.05) is 42.1 Å². The molecule has 1 amide bonds. The van der Waals surface area contributed by atoms with Crippen molar-refractivity contribution in [3.63, 3.8) is 0 Å². The zero-order chi connectivity index (χ0) is 19.6. The van der Waals surface area contributed by atoms with E-state index < -0.39 is 42.1 Å². The van der Waals surface area contributed by atoms with E-state index in [2.05, 4.69) is 4.99 Å². The van der Waals surface area contributed by atoms with E-state index >= 15 is 4.39 Å². The lowest BCUT2D eigenvalue weighted by atomic mass is 9.96. The molecule has 1 aromatic carbocycles. The molecule has 2 aliphatic heterocycles. The van der Waals surface area contributed by atoms with Gasteiger partial charge in [-0.05, 0) is 19.4 Å². The highest BCUT2D eigenvalue weighted by atomic mass is 32.2. The number of rotatable bonds is 5. The number of aliphatic imine (C=N–C) groups is 1. The minimum Gasteiger partial charge on any atom is -0.465 e. The molecule has 0 bridgehead atoms. The van der Waals surface area contributed by atoms with Crippen LogP contribution in [0.25, 0.3) is 0 Å². The van der Waals surface area contributed by atoms with Crippen LogP contribution in [-0.2, 0) is 16.1 Å². The predicted molar refractivity (Wildman–Crippen MR) is 99.5 cm³/mol. The summed E-state index contributed by atoms with van der Waals surface area (Å²) in [6.45, 7) is 3.58. The number of amidine groups is 1. The molecule has 7 nitrogen and oxygen atoms in total. The van der Waals surface area contributed by atoms with E-state index in [4.69, 9.17) is 9.47 Å². The number of thioether (sulfide) groups is 1. The molecule has 0 aliphatic carbocycles. The maximum absolute atomic E-state index is 15.3. The van der Waals surface area contributed by atoms with Crippen LogP contribution in [0.5, 0.6) is 0 Å². The number of amides is 1. The third-order valence-electron chi connectivity index (χ3n) is 4.55. The Labute approximate surface area is 161 Å². The third kappa shape index (κ3) is 4.26. The Kier molecular flexibility index (Phi) is 6.36. The van der Waals surface area contributed by atoms with Crippen molar-refractivity contribution in [3.05, 3.63) is 35.9 Å². The van der Waals surface area contributed by atoms with Crippen LogP contribution >= 0.6 is 11.8 Å². The van der Waals surface area contributed by atoms with Gasteiger partial charge in [0.2, 0.25) is 0 Å². The lowest BCUT2D eigenvalue weighted by Crippen LogP contribution is -2.57. The topological polar surface area (TPSA) is 91.6 Å². The van der Waals surface area contributed by atoms with E-state index in [1.54, 1.807) is 6.92 Å². The number of nitrogens with zero attached hydrogens (tertiary/aromatic N) is 2. The Balaban J connectivity index is 1.77. The van der Waals surface area contributed by atoms with Crippen molar-refractivity contribution in [1.82, 2.24) is 4.90 Å². The number of fused-ring (bicyclic) bond motifs is 1. The summed E-state index contributed by atoms with van der Waals surface area (Å²) in [6, 6.07) is 8.45. The molecular formula is C18H23FN2O5S. The fourth-order valence-corrected chi connectivity index (χ4v) is 4.42. The van der Waals surface area contributed by atoms with Crippen molar-refractivity contribution in [2.75, 3.05) is 6.54 Å². The van der Waals surface area contributed by atoms with Crippen molar-refractivity contribution in [1.29, 1.82) is 0 Å². The average Bonchev–Trinajstić information content (AvgIpc) is 3.06. The number of benzene rings is 1. The van der Waals surface area contributed by atoms with Gasteiger partial charge in [-0.2, -0.15) is 0 Å². The quantitative estimate of drug-likeness (QED) is 0.792. The Morgan fingerprint density at radius 1 is 1.44 bits per heavy atom. The molecule has 148 valence electrons. The van der Waals surface area contributed by atoms with Crippen LogP contribution in [0.4, 0.5) is 9.18 Å². The van der Waals surface area contributed by atoms with Gasteiger partial charge in [-0.25, -0.2) is 9.18 Å². The largest absolute Gasteiger partial charge is 0.465 e. The molecule has 2 aliphatic rings. The number of alkyl halides is 1. The Morgan fingerprint density at radius 3 is 2.74 bits per heavy atom. The van der Waals surface area contributed by atoms with E-state index in [9.17, 15) is 15.0 Å². The van der Waals surface area contributed by atoms with Crippen LogP contribution in [0.2, 0.25) is 0 Å². The van der Waals surface area contributed by atoms with Gasteiger partial charge < -0.3 is 19.7 Å². The molecule has 6 atom stereocenters. The molecule has 3 rings (SSSR count). The number of ether oxygens (including phenoxy) is 2. The first-order valence-corrected chi connectivity index (χ1v) is 9.68. The highest BCUT2D eigenvalue weighted by Gasteiger charge is 2.52. The van der Waals surface area contributed by atoms with E-state index in [0.29, 0.717) is 0 Å². The predicted octanol–water partition coefficient (Wildman–Crippen LogP) is 2.49. The van der Waals surface area contributed by atoms with Crippen molar-refractivity contribution in [3.8, 4) is 0 Å². The molecule has 1 saturated heterocycles. The average molecular weight is 398 g/mol. The van der Waals surface area contributed by atoms with E-state index in [0.717, 1.165) is 22.2 Å². The lowest BCUT2D eigenvalue weighted by Gasteiger charge is -2.40. The van der Waals surface area contributed by atoms with Crippen LogP contribution in [0.15, 0.2) is 35.3 Å². The molecule has 2 heterocycles. The van der Waals surface area contributed by atoms with Crippen LogP contribution in [0.1, 0.15) is 19.4 Å². The molecule has 0 radical (unpaired) electrons. The molecule has 0 aromatic heterocycles. The summed E-state index contributed by atoms with van der Waals surface area (Å²) in [5.74, 6) is 0. The molecule has 0 saturated carbocycles. The normalized spacial score (nSPS) is 31.1. The summed E-state index contributed by atoms with van der Waals surface area (Å²) in [7, 11) is 0. The van der Waals surface area contributed by atoms with Gasteiger partial charge in [0.05, 0.1) is 12.7 Å². The molecule has 9 heteroatoms. The third-order valence-corrected chi connectivity index (χ3v) is 5.71. The zero-order valence-corrected chi connectivity index (χ0v) is 15.9. The van der Waals surface area contributed by atoms with Gasteiger partial charge in [0, 0.05) is 6.54 Å². The van der Waals surface area contributed by atoms with Crippen molar-refractivity contribution in [2.45, 2.75) is 56.4 Å². The minimum absolute atomic E-state index is 0.176. The highest BCUT2D eigenvalue weighted by Crippen LogP contribution is 2.40. The highest BCUT2D eigenvalue weighted by molar-refractivity contribution is 8.14. The van der Waals surface area contributed by atoms with Gasteiger partial charge in [0.25, 0.3) is 0 Å². The second-order valence-corrected chi connectivity index (χ2v) is 7.53. The first kappa shape index (κ1) is 20.1. The molecule has 2 N–H and O–H groups in total. The smallest absolute Gasteiger partial charge is 0.413 e. The molecule has 1 unspecified atom stereocenters. The van der Waals surface area contributed by atoms with Gasteiger partial charge >= 0.3 is 6.09 Å². The fourth-order valence-electron chi connectivity index (χ4n) is 3.16. The van der Waals surface area contributed by atoms with Gasteiger partial charge in [0.15, 0.2) is 11.3 Å². The first-order valence-electron chi connectivity index (χ1n) is 8.80. The van der Waals surface area contributed by atoms with Gasteiger partial charge in [-0.15, -0.1) is 0 Å². The standard InChI is InChI=1S/C18H23FN2O5S/c1-3-21(18(23)24)17-20-13-12(19)15(14(10(2)22)26-16(13)27-17)25-9-11-7-5-4-6-8-11/h4-8,10,12-16,22H,3,9H2,1-2H3,(H,23,24)/t10?,12-,13-,14-,15+,16-/m1/s1. The maximum atomic E-state index is 15.3. The van der Waals surface area contributed by atoms with Gasteiger partial charge in [0.1, 0.15) is 23.7 Å². The Morgan fingerprint density at radius 2 is 2.15 bits per heavy atom. The summed E-state index contributed by atoms with van der Waals surface area (Å²) < 4.78 is 26.9. The van der Waals surface area contributed by atoms with Gasteiger partial charge in [-0.3, -0.25) is 9.89 Å². The first-order chi connectivity index (χ1) is 12.9. The Hall–Kier alpha value is -1.68. The molecule has 27 heavy (non-hydrogen) atoms. The van der Waals surface area contributed by atoms with Crippen LogP contribution in [0, 0.1) is 0 Å². The molecule has 0 spiro atoms. The summed E-state index contributed by atoms with van der Waals surface area (Å²) in [5, 5.41) is 19.5. The summed E-state index contributed by atoms with van der Waals surface area (Å²) >= 11 is 1.06. The van der Waals surface area contributed by atoms with Crippen LogP contribution in [-0.4, -0.2) is 68.9 Å². The van der Waals surface area contributed by atoms with E-state index in [-0.39, 0.29) is 18.3 Å². The number of aliphatic hydroxyl groups is 1. The Bertz CT molecular complexity index is 690. The number of carboxylic acid groups (broad SMARTS) is 1. The van der Waals surface area contributed by atoms with Crippen molar-refractivity contribution in [2.24, 2.45) is 4.99 Å². The van der Waals surface area contributed by atoms with E-state index in [1.165, 1.54) is 6.92 Å². The monoisotopic (exact) mass is 398 g/mol. The van der Waals surface area contributed by atoms with Crippen molar-refractivity contribution < 1.29 is 28.9 Å².